The lowest BCUT2D eigenvalue weighted by Gasteiger charge is -2.01. The van der Waals surface area contributed by atoms with Gasteiger partial charge in [0.2, 0.25) is 0 Å². The zero-order valence-corrected chi connectivity index (χ0v) is 11.9. The molecule has 1 N–H and O–H groups in total. The van der Waals surface area contributed by atoms with Crippen LogP contribution in [0.25, 0.3) is 10.0 Å². The van der Waals surface area contributed by atoms with Crippen LogP contribution in [0, 0.1) is 0 Å². The third-order valence-electron chi connectivity index (χ3n) is 2.51. The van der Waals surface area contributed by atoms with Crippen LogP contribution >= 0.6 is 22.7 Å². The van der Waals surface area contributed by atoms with E-state index in [1.54, 1.807) is 17.8 Å². The topological polar surface area (TPSA) is 67.8 Å². The van der Waals surface area contributed by atoms with Crippen molar-refractivity contribution in [3.8, 4) is 10.0 Å². The van der Waals surface area contributed by atoms with Crippen LogP contribution in [0.5, 0.6) is 0 Å². The second-order valence-corrected chi connectivity index (χ2v) is 5.63. The lowest BCUT2D eigenvalue weighted by molar-refractivity contribution is 0.0946. The fraction of sp³-hybridized carbons (Fsp3) is 0.0769. The molecular formula is C13H10N4OS2. The van der Waals surface area contributed by atoms with Crippen LogP contribution in [-0.2, 0) is 6.54 Å². The minimum atomic E-state index is -0.199. The van der Waals surface area contributed by atoms with E-state index >= 15 is 0 Å². The molecule has 0 spiro atoms. The normalized spacial score (nSPS) is 10.4. The van der Waals surface area contributed by atoms with Crippen LogP contribution in [-0.4, -0.2) is 20.9 Å². The Morgan fingerprint density at radius 1 is 1.15 bits per heavy atom. The first-order valence-corrected chi connectivity index (χ1v) is 7.62. The van der Waals surface area contributed by atoms with Crippen molar-refractivity contribution >= 4 is 28.6 Å². The molecule has 7 heteroatoms. The van der Waals surface area contributed by atoms with Gasteiger partial charge in [0.25, 0.3) is 5.91 Å². The van der Waals surface area contributed by atoms with E-state index in [0.29, 0.717) is 12.2 Å². The zero-order valence-electron chi connectivity index (χ0n) is 10.3. The van der Waals surface area contributed by atoms with Crippen molar-refractivity contribution in [1.29, 1.82) is 0 Å². The Morgan fingerprint density at radius 2 is 2.10 bits per heavy atom. The summed E-state index contributed by atoms with van der Waals surface area (Å²) in [5, 5.41) is 8.03. The van der Waals surface area contributed by atoms with Gasteiger partial charge in [-0.25, -0.2) is 9.97 Å². The molecule has 0 saturated heterocycles. The highest BCUT2D eigenvalue weighted by Gasteiger charge is 2.12. The summed E-state index contributed by atoms with van der Waals surface area (Å²) >= 11 is 2.92. The average molecular weight is 302 g/mol. The van der Waals surface area contributed by atoms with Gasteiger partial charge < -0.3 is 5.32 Å². The van der Waals surface area contributed by atoms with E-state index in [9.17, 15) is 4.79 Å². The molecule has 0 fully saturated rings. The highest BCUT2D eigenvalue weighted by atomic mass is 32.1. The first-order chi connectivity index (χ1) is 9.83. The lowest BCUT2D eigenvalue weighted by atomic mass is 10.3. The Morgan fingerprint density at radius 3 is 2.85 bits per heavy atom. The van der Waals surface area contributed by atoms with Gasteiger partial charge >= 0.3 is 0 Å². The molecule has 0 saturated carbocycles. The summed E-state index contributed by atoms with van der Waals surface area (Å²) in [6.45, 7) is 0.393. The molecule has 3 aromatic heterocycles. The molecule has 100 valence electrons. The number of hydrogen-bond donors (Lipinski definition) is 1. The van der Waals surface area contributed by atoms with Crippen LogP contribution in [0.2, 0.25) is 0 Å². The molecular weight excluding hydrogens is 292 g/mol. The number of pyridine rings is 1. The predicted octanol–water partition coefficient (Wildman–Crippen LogP) is 2.59. The van der Waals surface area contributed by atoms with E-state index < -0.39 is 0 Å². The van der Waals surface area contributed by atoms with Crippen molar-refractivity contribution in [2.45, 2.75) is 6.54 Å². The number of carbonyl (C=O) groups excluding carboxylic acids is 1. The summed E-state index contributed by atoms with van der Waals surface area (Å²) in [7, 11) is 0. The minimum absolute atomic E-state index is 0.199. The molecule has 0 aliphatic heterocycles. The van der Waals surface area contributed by atoms with E-state index in [-0.39, 0.29) is 5.91 Å². The number of amides is 1. The maximum atomic E-state index is 12.0. The number of aromatic nitrogens is 3. The molecule has 0 atom stereocenters. The second-order valence-electron chi connectivity index (χ2n) is 3.88. The number of nitrogens with one attached hydrogen (secondary N) is 1. The standard InChI is InChI=1S/C13H10N4OS2/c18-11(16-7-9-3-1-2-4-14-9)10-8-20-13(17-10)12-15-5-6-19-12/h1-6,8H,7H2,(H,16,18). The number of nitrogens with zero attached hydrogens (tertiary/aromatic N) is 3. The molecule has 0 radical (unpaired) electrons. The molecule has 5 nitrogen and oxygen atoms in total. The monoisotopic (exact) mass is 302 g/mol. The summed E-state index contributed by atoms with van der Waals surface area (Å²) in [6.07, 6.45) is 3.42. The van der Waals surface area contributed by atoms with Crippen molar-refractivity contribution in [2.24, 2.45) is 0 Å². The largest absolute Gasteiger partial charge is 0.345 e. The highest BCUT2D eigenvalue weighted by Crippen LogP contribution is 2.25. The van der Waals surface area contributed by atoms with Gasteiger partial charge in [0.05, 0.1) is 12.2 Å². The van der Waals surface area contributed by atoms with Gasteiger partial charge in [0.1, 0.15) is 5.69 Å². The van der Waals surface area contributed by atoms with Crippen molar-refractivity contribution in [1.82, 2.24) is 20.3 Å². The molecule has 3 heterocycles. The van der Waals surface area contributed by atoms with E-state index in [4.69, 9.17) is 0 Å². The zero-order chi connectivity index (χ0) is 13.8. The smallest absolute Gasteiger partial charge is 0.271 e. The van der Waals surface area contributed by atoms with Crippen molar-refractivity contribution in [3.63, 3.8) is 0 Å². The summed E-state index contributed by atoms with van der Waals surface area (Å²) in [4.78, 5) is 24.6. The molecule has 0 aromatic carbocycles. The van der Waals surface area contributed by atoms with Gasteiger partial charge in [-0.1, -0.05) is 6.07 Å². The second kappa shape index (κ2) is 5.89. The van der Waals surface area contributed by atoms with E-state index in [2.05, 4.69) is 20.3 Å². The van der Waals surface area contributed by atoms with Crippen LogP contribution in [0.3, 0.4) is 0 Å². The Hall–Kier alpha value is -2.12. The number of hydrogen-bond acceptors (Lipinski definition) is 6. The third kappa shape index (κ3) is 2.89. The lowest BCUT2D eigenvalue weighted by Crippen LogP contribution is -2.23. The van der Waals surface area contributed by atoms with Crippen LogP contribution in [0.15, 0.2) is 41.4 Å². The quantitative estimate of drug-likeness (QED) is 0.804. The number of rotatable bonds is 4. The van der Waals surface area contributed by atoms with Gasteiger partial charge in [-0.15, -0.1) is 22.7 Å². The SMILES string of the molecule is O=C(NCc1ccccn1)c1csc(-c2nccs2)n1. The highest BCUT2D eigenvalue weighted by molar-refractivity contribution is 7.19. The molecule has 3 aromatic rings. The average Bonchev–Trinajstić information content (AvgIpc) is 3.16. The fourth-order valence-corrected chi connectivity index (χ4v) is 3.06. The van der Waals surface area contributed by atoms with Crippen molar-refractivity contribution in [3.05, 3.63) is 52.7 Å². The van der Waals surface area contributed by atoms with Gasteiger partial charge in [-0.2, -0.15) is 0 Å². The Kier molecular flexibility index (Phi) is 3.80. The summed E-state index contributed by atoms with van der Waals surface area (Å²) in [5.74, 6) is -0.199. The molecule has 0 aliphatic rings. The van der Waals surface area contributed by atoms with E-state index in [1.165, 1.54) is 22.7 Å². The van der Waals surface area contributed by atoms with Gasteiger partial charge in [0.15, 0.2) is 10.0 Å². The van der Waals surface area contributed by atoms with Crippen LogP contribution < -0.4 is 5.32 Å². The minimum Gasteiger partial charge on any atom is -0.345 e. The Bertz CT molecular complexity index is 694. The number of carbonyl (C=O) groups is 1. The molecule has 0 unspecified atom stereocenters. The molecule has 0 aliphatic carbocycles. The molecule has 0 bridgehead atoms. The van der Waals surface area contributed by atoms with Gasteiger partial charge in [0, 0.05) is 23.2 Å². The Balaban J connectivity index is 1.66. The third-order valence-corrected chi connectivity index (χ3v) is 4.27. The summed E-state index contributed by atoms with van der Waals surface area (Å²) < 4.78 is 0. The van der Waals surface area contributed by atoms with E-state index in [1.807, 2.05) is 23.6 Å². The first kappa shape index (κ1) is 12.9. The summed E-state index contributed by atoms with van der Waals surface area (Å²) in [6, 6.07) is 5.59. The van der Waals surface area contributed by atoms with Gasteiger partial charge in [-0.05, 0) is 12.1 Å². The maximum Gasteiger partial charge on any atom is 0.271 e. The predicted molar refractivity (Wildman–Crippen MR) is 78.6 cm³/mol. The molecule has 3 rings (SSSR count). The Labute approximate surface area is 123 Å². The molecule has 1 amide bonds. The maximum absolute atomic E-state index is 12.0. The van der Waals surface area contributed by atoms with Crippen molar-refractivity contribution < 1.29 is 4.79 Å². The van der Waals surface area contributed by atoms with E-state index in [0.717, 1.165) is 15.7 Å². The number of thiazole rings is 2. The van der Waals surface area contributed by atoms with Crippen molar-refractivity contribution in [2.75, 3.05) is 0 Å². The summed E-state index contributed by atoms with van der Waals surface area (Å²) in [5.41, 5.74) is 1.23. The van der Waals surface area contributed by atoms with Crippen LogP contribution in [0.1, 0.15) is 16.2 Å². The first-order valence-electron chi connectivity index (χ1n) is 5.86. The fourth-order valence-electron chi connectivity index (χ4n) is 1.57. The van der Waals surface area contributed by atoms with Gasteiger partial charge in [-0.3, -0.25) is 9.78 Å². The van der Waals surface area contributed by atoms with Crippen LogP contribution in [0.4, 0.5) is 0 Å². The molecule has 20 heavy (non-hydrogen) atoms.